The van der Waals surface area contributed by atoms with Gasteiger partial charge in [-0.3, -0.25) is 0 Å². The van der Waals surface area contributed by atoms with E-state index in [2.05, 4.69) is 15.3 Å². The van der Waals surface area contributed by atoms with Crippen molar-refractivity contribution in [2.45, 2.75) is 6.92 Å². The molecule has 0 radical (unpaired) electrons. The Hall–Kier alpha value is -3.78. The van der Waals surface area contributed by atoms with E-state index in [-0.39, 0.29) is 5.56 Å². The van der Waals surface area contributed by atoms with Crippen LogP contribution in [-0.4, -0.2) is 21.6 Å². The van der Waals surface area contributed by atoms with E-state index < -0.39 is 11.6 Å². The van der Waals surface area contributed by atoms with Gasteiger partial charge in [-0.25, -0.2) is 18.7 Å². The SMILES string of the molecule is COc1cc(Nc2cccc3c2nc(-c2ccc(F)cc2F)n3C)ccc1-c1cnc(C)s1. The molecule has 33 heavy (non-hydrogen) atoms. The van der Waals surface area contributed by atoms with Crippen molar-refractivity contribution in [3.05, 3.63) is 77.4 Å². The fourth-order valence-corrected chi connectivity index (χ4v) is 4.65. The molecule has 2 heterocycles. The first-order chi connectivity index (χ1) is 15.9. The van der Waals surface area contributed by atoms with Gasteiger partial charge >= 0.3 is 0 Å². The fraction of sp³-hybridized carbons (Fsp3) is 0.120. The Morgan fingerprint density at radius 3 is 2.58 bits per heavy atom. The van der Waals surface area contributed by atoms with E-state index in [1.165, 1.54) is 12.1 Å². The first-order valence-electron chi connectivity index (χ1n) is 10.2. The third kappa shape index (κ3) is 3.82. The second-order valence-electron chi connectivity index (χ2n) is 7.58. The van der Waals surface area contributed by atoms with Gasteiger partial charge in [0.25, 0.3) is 0 Å². The second kappa shape index (κ2) is 8.29. The lowest BCUT2D eigenvalue weighted by Crippen LogP contribution is -1.95. The average molecular weight is 463 g/mol. The molecule has 0 spiro atoms. The molecule has 0 bridgehead atoms. The summed E-state index contributed by atoms with van der Waals surface area (Å²) in [5.41, 5.74) is 4.30. The highest BCUT2D eigenvalue weighted by Gasteiger charge is 2.17. The summed E-state index contributed by atoms with van der Waals surface area (Å²) >= 11 is 1.61. The van der Waals surface area contributed by atoms with Crippen molar-refractivity contribution in [3.8, 4) is 27.6 Å². The maximum absolute atomic E-state index is 14.4. The zero-order chi connectivity index (χ0) is 23.1. The van der Waals surface area contributed by atoms with Crippen molar-refractivity contribution in [3.63, 3.8) is 0 Å². The van der Waals surface area contributed by atoms with Crippen LogP contribution in [0.15, 0.2) is 60.8 Å². The summed E-state index contributed by atoms with van der Waals surface area (Å²) in [6.45, 7) is 1.97. The molecule has 0 saturated heterocycles. The second-order valence-corrected chi connectivity index (χ2v) is 8.81. The first kappa shape index (κ1) is 21.1. The quantitative estimate of drug-likeness (QED) is 0.316. The summed E-state index contributed by atoms with van der Waals surface area (Å²) in [6.07, 6.45) is 1.84. The van der Waals surface area contributed by atoms with Gasteiger partial charge in [-0.05, 0) is 43.3 Å². The van der Waals surface area contributed by atoms with Crippen LogP contribution in [0.4, 0.5) is 20.2 Å². The molecule has 0 saturated carbocycles. The molecular weight excluding hydrogens is 442 g/mol. The van der Waals surface area contributed by atoms with Crippen molar-refractivity contribution < 1.29 is 13.5 Å². The summed E-state index contributed by atoms with van der Waals surface area (Å²) in [4.78, 5) is 10.0. The number of aryl methyl sites for hydroxylation is 2. The fourth-order valence-electron chi connectivity index (χ4n) is 3.84. The van der Waals surface area contributed by atoms with Gasteiger partial charge in [0, 0.05) is 36.6 Å². The van der Waals surface area contributed by atoms with Gasteiger partial charge < -0.3 is 14.6 Å². The maximum Gasteiger partial charge on any atom is 0.143 e. The maximum atomic E-state index is 14.4. The Kier molecular flexibility index (Phi) is 5.30. The standard InChI is InChI=1S/C25H20F2N4OS/c1-14-28-13-23(33-14)18-10-8-16(12-22(18)32-3)29-20-5-4-6-21-24(20)30-25(31(21)2)17-9-7-15(26)11-19(17)27/h4-13,29H,1-3H3. The summed E-state index contributed by atoms with van der Waals surface area (Å²) in [5, 5.41) is 4.39. The molecule has 5 aromatic rings. The Balaban J connectivity index is 1.54. The van der Waals surface area contributed by atoms with E-state index in [9.17, 15) is 8.78 Å². The van der Waals surface area contributed by atoms with Crippen LogP contribution in [0.2, 0.25) is 0 Å². The molecular formula is C25H20F2N4OS. The monoisotopic (exact) mass is 462 g/mol. The van der Waals surface area contributed by atoms with Gasteiger partial charge in [-0.1, -0.05) is 6.07 Å². The van der Waals surface area contributed by atoms with E-state index in [1.54, 1.807) is 23.0 Å². The molecule has 5 rings (SSSR count). The Labute approximate surface area is 193 Å². The number of benzene rings is 3. The van der Waals surface area contributed by atoms with Crippen molar-refractivity contribution in [1.82, 2.24) is 14.5 Å². The van der Waals surface area contributed by atoms with Crippen LogP contribution in [0.3, 0.4) is 0 Å². The molecule has 0 unspecified atom stereocenters. The van der Waals surface area contributed by atoms with Crippen LogP contribution in [0.25, 0.3) is 32.9 Å². The molecule has 0 aliphatic carbocycles. The third-order valence-corrected chi connectivity index (χ3v) is 6.40. The number of hydrogen-bond acceptors (Lipinski definition) is 5. The van der Waals surface area contributed by atoms with Gasteiger partial charge in [0.05, 0.1) is 33.8 Å². The van der Waals surface area contributed by atoms with Crippen LogP contribution < -0.4 is 10.1 Å². The molecule has 3 aromatic carbocycles. The highest BCUT2D eigenvalue weighted by atomic mass is 32.1. The molecule has 0 aliphatic rings. The Morgan fingerprint density at radius 2 is 1.85 bits per heavy atom. The number of hydrogen-bond donors (Lipinski definition) is 1. The number of ether oxygens (including phenoxy) is 1. The number of nitrogens with one attached hydrogen (secondary N) is 1. The lowest BCUT2D eigenvalue weighted by Gasteiger charge is -2.12. The van der Waals surface area contributed by atoms with E-state index >= 15 is 0 Å². The summed E-state index contributed by atoms with van der Waals surface area (Å²) in [7, 11) is 3.45. The summed E-state index contributed by atoms with van der Waals surface area (Å²) in [6, 6.07) is 15.1. The number of anilines is 2. The molecule has 2 aromatic heterocycles. The summed E-state index contributed by atoms with van der Waals surface area (Å²) in [5.74, 6) is -0.124. The molecule has 0 atom stereocenters. The lowest BCUT2D eigenvalue weighted by atomic mass is 10.1. The highest BCUT2D eigenvalue weighted by molar-refractivity contribution is 7.15. The third-order valence-electron chi connectivity index (χ3n) is 5.45. The number of nitrogens with zero attached hydrogens (tertiary/aromatic N) is 3. The molecule has 166 valence electrons. The number of aromatic nitrogens is 3. The van der Waals surface area contributed by atoms with E-state index in [0.717, 1.165) is 44.2 Å². The van der Waals surface area contributed by atoms with Gasteiger partial charge in [-0.15, -0.1) is 11.3 Å². The van der Waals surface area contributed by atoms with Crippen molar-refractivity contribution in [2.75, 3.05) is 12.4 Å². The minimum absolute atomic E-state index is 0.243. The van der Waals surface area contributed by atoms with E-state index in [4.69, 9.17) is 4.74 Å². The van der Waals surface area contributed by atoms with E-state index in [1.807, 2.05) is 56.6 Å². The number of fused-ring (bicyclic) bond motifs is 1. The predicted octanol–water partition coefficient (Wildman–Crippen LogP) is 6.70. The lowest BCUT2D eigenvalue weighted by molar-refractivity contribution is 0.417. The van der Waals surface area contributed by atoms with Gasteiger partial charge in [0.15, 0.2) is 0 Å². The van der Waals surface area contributed by atoms with Gasteiger partial charge in [-0.2, -0.15) is 0 Å². The van der Waals surface area contributed by atoms with Crippen molar-refractivity contribution >= 4 is 33.7 Å². The van der Waals surface area contributed by atoms with Gasteiger partial charge in [0.2, 0.25) is 0 Å². The average Bonchev–Trinajstić information content (AvgIpc) is 3.38. The largest absolute Gasteiger partial charge is 0.496 e. The predicted molar refractivity (Wildman–Crippen MR) is 128 cm³/mol. The number of rotatable bonds is 5. The van der Waals surface area contributed by atoms with Crippen molar-refractivity contribution in [1.29, 1.82) is 0 Å². The molecule has 0 fully saturated rings. The Bertz CT molecular complexity index is 1490. The minimum Gasteiger partial charge on any atom is -0.496 e. The minimum atomic E-state index is -0.651. The number of imidazole rings is 1. The Morgan fingerprint density at radius 1 is 1.03 bits per heavy atom. The topological polar surface area (TPSA) is 52.0 Å². The summed E-state index contributed by atoms with van der Waals surface area (Å²) < 4.78 is 35.2. The normalized spacial score (nSPS) is 11.2. The van der Waals surface area contributed by atoms with Gasteiger partial charge in [0.1, 0.15) is 28.7 Å². The number of methoxy groups -OCH3 is 1. The van der Waals surface area contributed by atoms with Crippen LogP contribution >= 0.6 is 11.3 Å². The highest BCUT2D eigenvalue weighted by Crippen LogP contribution is 2.37. The first-order valence-corrected chi connectivity index (χ1v) is 11.0. The van der Waals surface area contributed by atoms with E-state index in [0.29, 0.717) is 11.3 Å². The van der Waals surface area contributed by atoms with Crippen LogP contribution in [0.1, 0.15) is 5.01 Å². The molecule has 5 nitrogen and oxygen atoms in total. The van der Waals surface area contributed by atoms with Crippen LogP contribution in [0.5, 0.6) is 5.75 Å². The molecule has 0 amide bonds. The number of halogens is 2. The van der Waals surface area contributed by atoms with Crippen LogP contribution in [-0.2, 0) is 7.05 Å². The molecule has 1 N–H and O–H groups in total. The van der Waals surface area contributed by atoms with Crippen molar-refractivity contribution in [2.24, 2.45) is 7.05 Å². The number of para-hydroxylation sites is 1. The molecule has 8 heteroatoms. The number of thiazole rings is 1. The van der Waals surface area contributed by atoms with Crippen LogP contribution in [0, 0.1) is 18.6 Å². The zero-order valence-corrected chi connectivity index (χ0v) is 19.0. The molecule has 0 aliphatic heterocycles. The zero-order valence-electron chi connectivity index (χ0n) is 18.2. The smallest absolute Gasteiger partial charge is 0.143 e.